The van der Waals surface area contributed by atoms with Crippen molar-refractivity contribution in [2.45, 2.75) is 174 Å². The Morgan fingerprint density at radius 3 is 1.42 bits per heavy atom. The van der Waals surface area contributed by atoms with Crippen LogP contribution in [-0.2, 0) is 10.8 Å². The van der Waals surface area contributed by atoms with Crippen molar-refractivity contribution in [3.8, 4) is 23.8 Å². The van der Waals surface area contributed by atoms with Crippen molar-refractivity contribution >= 4 is 34.6 Å². The highest BCUT2D eigenvalue weighted by atomic mass is 28.3. The summed E-state index contributed by atoms with van der Waals surface area (Å²) in [5, 5.41) is 3.21. The van der Waals surface area contributed by atoms with Gasteiger partial charge in [0.2, 0.25) is 0 Å². The Labute approximate surface area is 322 Å². The topological polar surface area (TPSA) is 0 Å². The summed E-state index contributed by atoms with van der Waals surface area (Å²) in [4.78, 5) is 0. The van der Waals surface area contributed by atoms with Gasteiger partial charge in [-0.3, -0.25) is 0 Å². The van der Waals surface area contributed by atoms with E-state index in [2.05, 4.69) is 140 Å². The fourth-order valence-electron chi connectivity index (χ4n) is 16.5. The second-order valence-electron chi connectivity index (χ2n) is 25.2. The van der Waals surface area contributed by atoms with Crippen LogP contribution >= 0.6 is 0 Å². The Morgan fingerprint density at radius 1 is 0.538 bits per heavy atom. The van der Waals surface area contributed by atoms with Crippen LogP contribution in [0.3, 0.4) is 0 Å². The standard InChI is InChI=1S/C49H70Si3/c1-15-39-40(22-38(51(9,10)11)23-41(39)52(12,13)14)47-28-44(4)25-45(5,29-47)33-49(32-44,35-47)48-30-42(2)24-43(3,31-48)27-46(26-42,34-48)37-18-16-36(17-19-37)20-21-50(6,7)8/h1,16-19,22-23H,24-35H2,2-14H3. The van der Waals surface area contributed by atoms with Crippen LogP contribution in [0, 0.1) is 56.3 Å². The monoisotopic (exact) mass is 742 g/mol. The number of rotatable bonds is 5. The largest absolute Gasteiger partial charge is 0.129 e. The first kappa shape index (κ1) is 37.2. The Bertz CT molecular complexity index is 1900. The fraction of sp³-hybridized carbons (Fsp3) is 0.673. The van der Waals surface area contributed by atoms with E-state index >= 15 is 0 Å². The van der Waals surface area contributed by atoms with Crippen molar-refractivity contribution < 1.29 is 0 Å². The van der Waals surface area contributed by atoms with Crippen LogP contribution in [0.4, 0.5) is 0 Å². The second kappa shape index (κ2) is 10.7. The van der Waals surface area contributed by atoms with Crippen LogP contribution in [0.2, 0.25) is 58.9 Å². The van der Waals surface area contributed by atoms with E-state index in [1.165, 1.54) is 88.2 Å². The highest BCUT2D eigenvalue weighted by Gasteiger charge is 2.76. The summed E-state index contributed by atoms with van der Waals surface area (Å²) in [6, 6.07) is 15.2. The van der Waals surface area contributed by atoms with E-state index in [1.807, 2.05) is 0 Å². The maximum atomic E-state index is 6.72. The number of terminal acetylenes is 1. The molecule has 4 unspecified atom stereocenters. The van der Waals surface area contributed by atoms with Gasteiger partial charge in [0.15, 0.2) is 0 Å². The van der Waals surface area contributed by atoms with Gasteiger partial charge in [-0.05, 0) is 149 Å². The summed E-state index contributed by atoms with van der Waals surface area (Å²) < 4.78 is 0. The number of hydrogen-bond acceptors (Lipinski definition) is 0. The average Bonchev–Trinajstić information content (AvgIpc) is 2.94. The van der Waals surface area contributed by atoms with E-state index < -0.39 is 24.2 Å². The normalized spacial score (nSPS) is 41.8. The van der Waals surface area contributed by atoms with Crippen molar-refractivity contribution in [2.75, 3.05) is 0 Å². The molecule has 8 saturated carbocycles. The minimum atomic E-state index is -1.68. The molecule has 0 amide bonds. The molecule has 0 nitrogen and oxygen atoms in total. The molecule has 3 heteroatoms. The zero-order valence-corrected chi connectivity index (χ0v) is 38.5. The van der Waals surface area contributed by atoms with Crippen molar-refractivity contribution in [2.24, 2.45) is 32.5 Å². The molecule has 4 atom stereocenters. The molecule has 0 aromatic heterocycles. The van der Waals surface area contributed by atoms with Crippen molar-refractivity contribution in [1.29, 1.82) is 0 Å². The molecule has 0 aliphatic heterocycles. The van der Waals surface area contributed by atoms with Crippen LogP contribution in [0.25, 0.3) is 0 Å². The number of benzene rings is 2. The Balaban J connectivity index is 1.30. The molecule has 8 aliphatic carbocycles. The molecule has 2 aromatic rings. The van der Waals surface area contributed by atoms with E-state index in [-0.39, 0.29) is 10.8 Å². The minimum Gasteiger partial charge on any atom is -0.127 e. The highest BCUT2D eigenvalue weighted by molar-refractivity contribution is 6.91. The van der Waals surface area contributed by atoms with Gasteiger partial charge in [-0.25, -0.2) is 0 Å². The lowest BCUT2D eigenvalue weighted by Crippen LogP contribution is -2.71. The van der Waals surface area contributed by atoms with E-state index in [1.54, 1.807) is 21.5 Å². The molecule has 0 saturated heterocycles. The van der Waals surface area contributed by atoms with Gasteiger partial charge >= 0.3 is 0 Å². The summed E-state index contributed by atoms with van der Waals surface area (Å²) in [6.45, 7) is 33.3. The van der Waals surface area contributed by atoms with Crippen LogP contribution in [-0.4, -0.2) is 24.2 Å². The number of hydrogen-bond donors (Lipinski definition) is 0. The molecule has 10 rings (SSSR count). The first-order valence-corrected chi connectivity index (χ1v) is 31.5. The van der Waals surface area contributed by atoms with E-state index in [0.29, 0.717) is 32.5 Å². The summed E-state index contributed by atoms with van der Waals surface area (Å²) in [5.74, 6) is 7.01. The molecule has 0 radical (unpaired) electrons. The lowest BCUT2D eigenvalue weighted by atomic mass is 9.24. The molecule has 8 aliphatic rings. The first-order chi connectivity index (χ1) is 23.7. The maximum absolute atomic E-state index is 6.72. The zero-order valence-electron chi connectivity index (χ0n) is 35.5. The second-order valence-corrected chi connectivity index (χ2v) is 40.0. The summed E-state index contributed by atoms with van der Waals surface area (Å²) in [6.07, 6.45) is 23.5. The predicted octanol–water partition coefficient (Wildman–Crippen LogP) is 11.9. The SMILES string of the molecule is C#Cc1c(C23CC4(C)CC(C)(C2)CC(C25CC6(C)CC(C)(CC(c7ccc(C#C[Si](C)(C)C)cc7)(C6)C2)C5)(C4)C3)cc([Si](C)(C)C)cc1[Si](C)(C)C. The zero-order chi connectivity index (χ0) is 37.8. The summed E-state index contributed by atoms with van der Waals surface area (Å²) in [7, 11) is -4.68. The highest BCUT2D eigenvalue weighted by Crippen LogP contribution is 2.85. The van der Waals surface area contributed by atoms with E-state index in [4.69, 9.17) is 6.42 Å². The molecule has 8 fully saturated rings. The van der Waals surface area contributed by atoms with E-state index in [9.17, 15) is 0 Å². The molecule has 2 aromatic carbocycles. The van der Waals surface area contributed by atoms with Gasteiger partial charge in [0.05, 0.1) is 16.1 Å². The molecular formula is C49H70Si3. The fourth-order valence-corrected chi connectivity index (χ4v) is 19.9. The molecule has 0 spiro atoms. The van der Waals surface area contributed by atoms with Crippen LogP contribution < -0.4 is 10.4 Å². The van der Waals surface area contributed by atoms with Gasteiger partial charge in [-0.2, -0.15) is 0 Å². The Kier molecular flexibility index (Phi) is 7.67. The lowest BCUT2D eigenvalue weighted by Gasteiger charge is -2.80. The smallest absolute Gasteiger partial charge is 0.127 e. The van der Waals surface area contributed by atoms with Crippen molar-refractivity contribution in [3.63, 3.8) is 0 Å². The third kappa shape index (κ3) is 5.71. The summed E-state index contributed by atoms with van der Waals surface area (Å²) in [5.41, 5.74) is 12.2. The maximum Gasteiger partial charge on any atom is 0.129 e. The van der Waals surface area contributed by atoms with Gasteiger partial charge in [0.1, 0.15) is 8.07 Å². The van der Waals surface area contributed by atoms with Gasteiger partial charge in [-0.15, -0.1) is 12.0 Å². The molecule has 278 valence electrons. The lowest BCUT2D eigenvalue weighted by molar-refractivity contribution is -0.275. The molecule has 52 heavy (non-hydrogen) atoms. The van der Waals surface area contributed by atoms with Crippen LogP contribution in [0.15, 0.2) is 36.4 Å². The quantitative estimate of drug-likeness (QED) is 0.211. The third-order valence-corrected chi connectivity index (χ3v) is 20.8. The Morgan fingerprint density at radius 2 is 1.00 bits per heavy atom. The minimum absolute atomic E-state index is 0.180. The first-order valence-electron chi connectivity index (χ1n) is 21.0. The average molecular weight is 743 g/mol. The van der Waals surface area contributed by atoms with Crippen molar-refractivity contribution in [3.05, 3.63) is 58.7 Å². The molecular weight excluding hydrogens is 673 g/mol. The molecule has 0 N–H and O–H groups in total. The molecule has 0 heterocycles. The van der Waals surface area contributed by atoms with Crippen LogP contribution in [0.5, 0.6) is 0 Å². The van der Waals surface area contributed by atoms with Gasteiger partial charge in [-0.1, -0.05) is 128 Å². The predicted molar refractivity (Wildman–Crippen MR) is 233 cm³/mol. The van der Waals surface area contributed by atoms with Gasteiger partial charge < -0.3 is 0 Å². The van der Waals surface area contributed by atoms with Crippen LogP contribution in [0.1, 0.15) is 127 Å². The Hall–Kier alpha value is -1.79. The molecule has 8 bridgehead atoms. The third-order valence-electron chi connectivity index (χ3n) is 15.9. The van der Waals surface area contributed by atoms with Gasteiger partial charge in [0.25, 0.3) is 0 Å². The van der Waals surface area contributed by atoms with Crippen molar-refractivity contribution in [1.82, 2.24) is 0 Å². The summed E-state index contributed by atoms with van der Waals surface area (Å²) >= 11 is 0. The van der Waals surface area contributed by atoms with E-state index in [0.717, 1.165) is 0 Å². The van der Waals surface area contributed by atoms with Gasteiger partial charge in [0, 0.05) is 11.1 Å².